The Bertz CT molecular complexity index is 764. The molecule has 1 fully saturated rings. The number of thiazole rings is 1. The summed E-state index contributed by atoms with van der Waals surface area (Å²) in [6, 6.07) is 8.16. The maximum atomic E-state index is 12.3. The monoisotopic (exact) mass is 372 g/mol. The molecule has 1 atom stereocenters. The van der Waals surface area contributed by atoms with Crippen LogP contribution in [0.2, 0.25) is 0 Å². The van der Waals surface area contributed by atoms with Crippen LogP contribution < -0.4 is 5.32 Å². The van der Waals surface area contributed by atoms with Crippen molar-refractivity contribution < 1.29 is 14.3 Å². The number of nitrogens with zero attached hydrogens (tertiary/aromatic N) is 1. The topological polar surface area (TPSA) is 68.3 Å². The standard InChI is InChI=1S/C20H24N2O3S/c1-13-8-10-15(11-9-13)19-22-17(12-26-19)20(24)25-14(2)18(23)21-16-6-4-3-5-7-16/h8-12,14,16H,3-7H2,1-2H3,(H,21,23)/t14-/m0/s1. The van der Waals surface area contributed by atoms with E-state index in [4.69, 9.17) is 4.74 Å². The normalized spacial score (nSPS) is 16.1. The Morgan fingerprint density at radius 3 is 2.58 bits per heavy atom. The molecule has 0 unspecified atom stereocenters. The van der Waals surface area contributed by atoms with Gasteiger partial charge in [0.2, 0.25) is 0 Å². The number of aryl methyl sites for hydroxylation is 1. The highest BCUT2D eigenvalue weighted by molar-refractivity contribution is 7.13. The summed E-state index contributed by atoms with van der Waals surface area (Å²) in [5.41, 5.74) is 2.37. The summed E-state index contributed by atoms with van der Waals surface area (Å²) in [7, 11) is 0. The number of ether oxygens (including phenoxy) is 1. The van der Waals surface area contributed by atoms with Crippen LogP contribution in [-0.2, 0) is 9.53 Å². The molecule has 1 aromatic carbocycles. The maximum Gasteiger partial charge on any atom is 0.358 e. The molecule has 0 radical (unpaired) electrons. The van der Waals surface area contributed by atoms with Gasteiger partial charge in [-0.2, -0.15) is 0 Å². The molecule has 1 aromatic heterocycles. The van der Waals surface area contributed by atoms with Crippen molar-refractivity contribution in [3.63, 3.8) is 0 Å². The third-order valence-electron chi connectivity index (χ3n) is 4.62. The number of carbonyl (C=O) groups is 2. The first-order valence-corrected chi connectivity index (χ1v) is 9.95. The van der Waals surface area contributed by atoms with Crippen molar-refractivity contribution >= 4 is 23.2 Å². The van der Waals surface area contributed by atoms with Crippen LogP contribution in [0.5, 0.6) is 0 Å². The van der Waals surface area contributed by atoms with E-state index in [0.29, 0.717) is 0 Å². The van der Waals surface area contributed by atoms with Gasteiger partial charge in [0, 0.05) is 17.0 Å². The number of hydrogen-bond donors (Lipinski definition) is 1. The maximum absolute atomic E-state index is 12.3. The van der Waals surface area contributed by atoms with Crippen LogP contribution in [0.15, 0.2) is 29.6 Å². The van der Waals surface area contributed by atoms with E-state index < -0.39 is 12.1 Å². The van der Waals surface area contributed by atoms with E-state index in [2.05, 4.69) is 10.3 Å². The summed E-state index contributed by atoms with van der Waals surface area (Å²) >= 11 is 1.39. The first kappa shape index (κ1) is 18.6. The van der Waals surface area contributed by atoms with Gasteiger partial charge in [-0.05, 0) is 26.7 Å². The lowest BCUT2D eigenvalue weighted by Gasteiger charge is -2.24. The van der Waals surface area contributed by atoms with Crippen molar-refractivity contribution in [1.82, 2.24) is 10.3 Å². The quantitative estimate of drug-likeness (QED) is 0.802. The Hall–Kier alpha value is -2.21. The second-order valence-corrected chi connectivity index (χ2v) is 7.65. The molecule has 3 rings (SSSR count). The fourth-order valence-corrected chi connectivity index (χ4v) is 3.83. The van der Waals surface area contributed by atoms with Crippen LogP contribution in [0.4, 0.5) is 0 Å². The fourth-order valence-electron chi connectivity index (χ4n) is 3.04. The van der Waals surface area contributed by atoms with Gasteiger partial charge in [0.1, 0.15) is 5.01 Å². The molecule has 0 spiro atoms. The van der Waals surface area contributed by atoms with E-state index in [1.54, 1.807) is 12.3 Å². The van der Waals surface area contributed by atoms with Crippen molar-refractivity contribution in [2.75, 3.05) is 0 Å². The second kappa shape index (κ2) is 8.45. The van der Waals surface area contributed by atoms with E-state index in [-0.39, 0.29) is 17.6 Å². The van der Waals surface area contributed by atoms with Gasteiger partial charge in [0.05, 0.1) is 0 Å². The molecule has 5 nitrogen and oxygen atoms in total. The van der Waals surface area contributed by atoms with Crippen molar-refractivity contribution in [3.05, 3.63) is 40.9 Å². The summed E-state index contributed by atoms with van der Waals surface area (Å²) in [6.07, 6.45) is 4.68. The number of aromatic nitrogens is 1. The lowest BCUT2D eigenvalue weighted by atomic mass is 9.95. The first-order valence-electron chi connectivity index (χ1n) is 9.07. The summed E-state index contributed by atoms with van der Waals surface area (Å²) in [6.45, 7) is 3.62. The molecule has 0 saturated heterocycles. The number of rotatable bonds is 5. The zero-order valence-corrected chi connectivity index (χ0v) is 16.0. The molecule has 1 heterocycles. The Labute approximate surface area is 157 Å². The van der Waals surface area contributed by atoms with Crippen molar-refractivity contribution in [2.45, 2.75) is 58.1 Å². The van der Waals surface area contributed by atoms with E-state index in [1.165, 1.54) is 23.3 Å². The number of amides is 1. The van der Waals surface area contributed by atoms with Crippen molar-refractivity contribution in [1.29, 1.82) is 0 Å². The number of benzene rings is 1. The summed E-state index contributed by atoms with van der Waals surface area (Å²) in [4.78, 5) is 28.9. The van der Waals surface area contributed by atoms with E-state index >= 15 is 0 Å². The Balaban J connectivity index is 1.57. The molecule has 6 heteroatoms. The predicted molar refractivity (Wildman–Crippen MR) is 102 cm³/mol. The number of nitrogens with one attached hydrogen (secondary N) is 1. The number of esters is 1. The number of carbonyl (C=O) groups excluding carboxylic acids is 2. The van der Waals surface area contributed by atoms with Crippen molar-refractivity contribution in [3.8, 4) is 10.6 Å². The smallest absolute Gasteiger partial charge is 0.358 e. The van der Waals surface area contributed by atoms with Crippen LogP contribution in [0.25, 0.3) is 10.6 Å². The van der Waals surface area contributed by atoms with Crippen LogP contribution in [0.1, 0.15) is 55.1 Å². The van der Waals surface area contributed by atoms with Crippen molar-refractivity contribution in [2.24, 2.45) is 0 Å². The van der Waals surface area contributed by atoms with E-state index in [1.807, 2.05) is 31.2 Å². The van der Waals surface area contributed by atoms with Crippen LogP contribution in [-0.4, -0.2) is 29.0 Å². The molecule has 1 N–H and O–H groups in total. The largest absolute Gasteiger partial charge is 0.448 e. The van der Waals surface area contributed by atoms with Crippen LogP contribution >= 0.6 is 11.3 Å². The lowest BCUT2D eigenvalue weighted by Crippen LogP contribution is -2.42. The average molecular weight is 372 g/mol. The molecule has 0 bridgehead atoms. The lowest BCUT2D eigenvalue weighted by molar-refractivity contribution is -0.130. The van der Waals surface area contributed by atoms with Gasteiger partial charge in [-0.3, -0.25) is 4.79 Å². The van der Waals surface area contributed by atoms with Gasteiger partial charge in [0.25, 0.3) is 5.91 Å². The minimum atomic E-state index is -0.825. The fraction of sp³-hybridized carbons (Fsp3) is 0.450. The molecular formula is C20H24N2O3S. The SMILES string of the molecule is Cc1ccc(-c2nc(C(=O)O[C@@H](C)C(=O)NC3CCCCC3)cs2)cc1. The molecule has 1 saturated carbocycles. The molecule has 0 aliphatic heterocycles. The third-order valence-corrected chi connectivity index (χ3v) is 5.51. The number of hydrogen-bond acceptors (Lipinski definition) is 5. The van der Waals surface area contributed by atoms with Gasteiger partial charge < -0.3 is 10.1 Å². The van der Waals surface area contributed by atoms with Crippen LogP contribution in [0, 0.1) is 6.92 Å². The molecule has 1 aliphatic carbocycles. The average Bonchev–Trinajstić information content (AvgIpc) is 3.13. The molecule has 1 aliphatic rings. The highest BCUT2D eigenvalue weighted by Gasteiger charge is 2.24. The van der Waals surface area contributed by atoms with E-state index in [0.717, 1.165) is 36.3 Å². The Morgan fingerprint density at radius 2 is 1.88 bits per heavy atom. The molecule has 138 valence electrons. The van der Waals surface area contributed by atoms with Crippen LogP contribution in [0.3, 0.4) is 0 Å². The Kier molecular flexibility index (Phi) is 6.04. The highest BCUT2D eigenvalue weighted by Crippen LogP contribution is 2.24. The second-order valence-electron chi connectivity index (χ2n) is 6.79. The summed E-state index contributed by atoms with van der Waals surface area (Å²) in [5, 5.41) is 5.41. The third kappa shape index (κ3) is 4.69. The summed E-state index contributed by atoms with van der Waals surface area (Å²) < 4.78 is 5.30. The van der Waals surface area contributed by atoms with Gasteiger partial charge in [-0.1, -0.05) is 49.1 Å². The highest BCUT2D eigenvalue weighted by atomic mass is 32.1. The molecule has 2 aromatic rings. The molecule has 26 heavy (non-hydrogen) atoms. The minimum Gasteiger partial charge on any atom is -0.448 e. The Morgan fingerprint density at radius 1 is 1.19 bits per heavy atom. The van der Waals surface area contributed by atoms with Gasteiger partial charge in [-0.15, -0.1) is 11.3 Å². The van der Waals surface area contributed by atoms with E-state index in [9.17, 15) is 9.59 Å². The zero-order valence-electron chi connectivity index (χ0n) is 15.2. The molecule has 1 amide bonds. The zero-order chi connectivity index (χ0) is 18.5. The molecular weight excluding hydrogens is 348 g/mol. The van der Waals surface area contributed by atoms with Gasteiger partial charge in [0.15, 0.2) is 11.8 Å². The first-order chi connectivity index (χ1) is 12.5. The van der Waals surface area contributed by atoms with Gasteiger partial charge >= 0.3 is 5.97 Å². The van der Waals surface area contributed by atoms with Gasteiger partial charge in [-0.25, -0.2) is 9.78 Å². The minimum absolute atomic E-state index is 0.199. The predicted octanol–water partition coefficient (Wildman–Crippen LogP) is 4.11. The summed E-state index contributed by atoms with van der Waals surface area (Å²) in [5.74, 6) is -0.801.